The molecule has 2 aliphatic carbocycles. The molecule has 2 bridgehead atoms. The van der Waals surface area contributed by atoms with Gasteiger partial charge >= 0.3 is 0 Å². The van der Waals surface area contributed by atoms with Crippen molar-refractivity contribution in [2.75, 3.05) is 6.54 Å². The molecule has 0 radical (unpaired) electrons. The highest BCUT2D eigenvalue weighted by atomic mass is 16.1. The van der Waals surface area contributed by atoms with Gasteiger partial charge in [-0.05, 0) is 43.9 Å². The van der Waals surface area contributed by atoms with Crippen LogP contribution >= 0.6 is 0 Å². The van der Waals surface area contributed by atoms with Gasteiger partial charge in [0.15, 0.2) is 0 Å². The van der Waals surface area contributed by atoms with Crippen LogP contribution in [-0.4, -0.2) is 11.5 Å². The molecule has 0 unspecified atom stereocenters. The Morgan fingerprint density at radius 1 is 1.50 bits per heavy atom. The Hall–Kier alpha value is -1.39. The number of aromatic amines is 1. The van der Waals surface area contributed by atoms with Gasteiger partial charge in [0.05, 0.1) is 5.54 Å². The predicted molar refractivity (Wildman–Crippen MR) is 71.0 cm³/mol. The molecule has 1 heterocycles. The van der Waals surface area contributed by atoms with Gasteiger partial charge in [-0.2, -0.15) is 0 Å². The number of allylic oxidation sites excluding steroid dienone is 1. The quantitative estimate of drug-likeness (QED) is 0.634. The van der Waals surface area contributed by atoms with Gasteiger partial charge in [0.25, 0.3) is 0 Å². The van der Waals surface area contributed by atoms with E-state index in [0.717, 1.165) is 24.1 Å². The van der Waals surface area contributed by atoms with Crippen LogP contribution in [0.5, 0.6) is 0 Å². The summed E-state index contributed by atoms with van der Waals surface area (Å²) in [6, 6.07) is 3.45. The van der Waals surface area contributed by atoms with Crippen LogP contribution in [0.25, 0.3) is 0 Å². The molecular weight excluding hydrogens is 226 g/mol. The van der Waals surface area contributed by atoms with Gasteiger partial charge in [-0.1, -0.05) is 11.6 Å². The summed E-state index contributed by atoms with van der Waals surface area (Å²) in [6.45, 7) is 2.71. The van der Waals surface area contributed by atoms with Gasteiger partial charge < -0.3 is 16.5 Å². The molecule has 0 spiro atoms. The third-order valence-electron chi connectivity index (χ3n) is 4.44. The largest absolute Gasteiger partial charge is 0.330 e. The first-order valence-electron chi connectivity index (χ1n) is 6.43. The minimum absolute atomic E-state index is 0.0534. The van der Waals surface area contributed by atoms with Crippen molar-refractivity contribution in [3.8, 4) is 0 Å². The van der Waals surface area contributed by atoms with Gasteiger partial charge in [-0.3, -0.25) is 4.79 Å². The molecule has 18 heavy (non-hydrogen) atoms. The van der Waals surface area contributed by atoms with E-state index in [0.29, 0.717) is 12.5 Å². The summed E-state index contributed by atoms with van der Waals surface area (Å²) < 4.78 is 0. The highest BCUT2D eigenvalue weighted by Gasteiger charge is 2.47. The smallest absolute Gasteiger partial charge is 0.248 e. The maximum absolute atomic E-state index is 11.4. The summed E-state index contributed by atoms with van der Waals surface area (Å²) in [5, 5.41) is 0. The van der Waals surface area contributed by atoms with Crippen molar-refractivity contribution >= 4 is 0 Å². The number of aromatic nitrogens is 1. The van der Waals surface area contributed by atoms with Gasteiger partial charge in [0.1, 0.15) is 0 Å². The summed E-state index contributed by atoms with van der Waals surface area (Å²) in [5.41, 5.74) is 15.5. The number of nitrogens with one attached hydrogen (secondary N) is 1. The maximum atomic E-state index is 11.4. The Morgan fingerprint density at radius 2 is 2.28 bits per heavy atom. The number of fused-ring (bicyclic) bond motifs is 4. The number of hydrogen-bond donors (Lipinski definition) is 3. The fourth-order valence-corrected chi connectivity index (χ4v) is 3.75. The maximum Gasteiger partial charge on any atom is 0.248 e. The monoisotopic (exact) mass is 245 g/mol. The molecule has 0 amide bonds. The van der Waals surface area contributed by atoms with Gasteiger partial charge in [0.2, 0.25) is 5.56 Å². The molecule has 1 aromatic rings. The van der Waals surface area contributed by atoms with Crippen molar-refractivity contribution in [3.63, 3.8) is 0 Å². The van der Waals surface area contributed by atoms with E-state index in [-0.39, 0.29) is 11.5 Å². The second kappa shape index (κ2) is 3.80. The highest BCUT2D eigenvalue weighted by molar-refractivity contribution is 5.38. The number of nitrogens with two attached hydrogens (primary N) is 2. The van der Waals surface area contributed by atoms with E-state index >= 15 is 0 Å². The molecule has 0 fully saturated rings. The van der Waals surface area contributed by atoms with Crippen molar-refractivity contribution in [2.24, 2.45) is 23.3 Å². The standard InChI is InChI=1S/C14H19N3O/c1-8-4-9-5-12-10(2-3-13(18)17-12)14(16,6-8)11(9)7-15/h2-4,9,11H,5-7,15-16H2,1H3,(H,17,18)/t9-,11-,14-/m0/s1. The zero-order valence-electron chi connectivity index (χ0n) is 10.6. The Morgan fingerprint density at radius 3 is 3.00 bits per heavy atom. The van der Waals surface area contributed by atoms with E-state index in [1.807, 2.05) is 6.07 Å². The van der Waals surface area contributed by atoms with Crippen LogP contribution in [0.4, 0.5) is 0 Å². The zero-order chi connectivity index (χ0) is 12.9. The van der Waals surface area contributed by atoms with Crippen LogP contribution in [0, 0.1) is 11.8 Å². The van der Waals surface area contributed by atoms with E-state index < -0.39 is 5.54 Å². The van der Waals surface area contributed by atoms with Crippen LogP contribution in [-0.2, 0) is 12.0 Å². The summed E-state index contributed by atoms with van der Waals surface area (Å²) in [5.74, 6) is 0.610. The zero-order valence-corrected chi connectivity index (χ0v) is 10.6. The number of rotatable bonds is 1. The molecule has 0 aromatic carbocycles. The summed E-state index contributed by atoms with van der Waals surface area (Å²) in [6.07, 6.45) is 3.94. The van der Waals surface area contributed by atoms with E-state index in [2.05, 4.69) is 18.0 Å². The normalized spacial score (nSPS) is 33.8. The summed E-state index contributed by atoms with van der Waals surface area (Å²) in [7, 11) is 0. The first-order chi connectivity index (χ1) is 8.54. The molecule has 0 aliphatic heterocycles. The first-order valence-corrected chi connectivity index (χ1v) is 6.43. The third kappa shape index (κ3) is 1.49. The molecule has 5 N–H and O–H groups in total. The number of hydrogen-bond acceptors (Lipinski definition) is 3. The van der Waals surface area contributed by atoms with E-state index in [4.69, 9.17) is 11.5 Å². The molecule has 96 valence electrons. The molecule has 0 saturated heterocycles. The second-order valence-electron chi connectivity index (χ2n) is 5.66. The molecule has 0 saturated carbocycles. The molecule has 4 heteroatoms. The minimum atomic E-state index is -0.421. The van der Waals surface area contributed by atoms with Crippen LogP contribution in [0.1, 0.15) is 24.6 Å². The Balaban J connectivity index is 2.21. The molecular formula is C14H19N3O. The lowest BCUT2D eigenvalue weighted by atomic mass is 9.60. The van der Waals surface area contributed by atoms with E-state index in [9.17, 15) is 4.79 Å². The average molecular weight is 245 g/mol. The lowest BCUT2D eigenvalue weighted by Crippen LogP contribution is -2.56. The Bertz CT molecular complexity index is 575. The fourth-order valence-electron chi connectivity index (χ4n) is 3.75. The van der Waals surface area contributed by atoms with Crippen LogP contribution in [0.3, 0.4) is 0 Å². The van der Waals surface area contributed by atoms with Gasteiger partial charge in [0, 0.05) is 17.7 Å². The molecule has 1 aromatic heterocycles. The van der Waals surface area contributed by atoms with Gasteiger partial charge in [-0.25, -0.2) is 0 Å². The minimum Gasteiger partial charge on any atom is -0.330 e. The molecule has 2 aliphatic rings. The van der Waals surface area contributed by atoms with Gasteiger partial charge in [-0.15, -0.1) is 0 Å². The van der Waals surface area contributed by atoms with Crippen LogP contribution in [0.2, 0.25) is 0 Å². The van der Waals surface area contributed by atoms with Crippen molar-refractivity contribution < 1.29 is 0 Å². The molecule has 3 atom stereocenters. The van der Waals surface area contributed by atoms with E-state index in [1.54, 1.807) is 6.07 Å². The van der Waals surface area contributed by atoms with E-state index in [1.165, 1.54) is 5.57 Å². The summed E-state index contributed by atoms with van der Waals surface area (Å²) in [4.78, 5) is 14.4. The summed E-state index contributed by atoms with van der Waals surface area (Å²) >= 11 is 0. The predicted octanol–water partition coefficient (Wildman–Crippen LogP) is 0.626. The van der Waals surface area contributed by atoms with Crippen molar-refractivity contribution in [3.05, 3.63) is 45.4 Å². The fraction of sp³-hybridized carbons (Fsp3) is 0.500. The lowest BCUT2D eigenvalue weighted by molar-refractivity contribution is 0.179. The third-order valence-corrected chi connectivity index (χ3v) is 4.44. The highest BCUT2D eigenvalue weighted by Crippen LogP contribution is 2.47. The van der Waals surface area contributed by atoms with Crippen molar-refractivity contribution in [2.45, 2.75) is 25.3 Å². The molecule has 4 nitrogen and oxygen atoms in total. The topological polar surface area (TPSA) is 84.9 Å². The second-order valence-corrected chi connectivity index (χ2v) is 5.66. The number of H-pyrrole nitrogens is 1. The lowest BCUT2D eigenvalue weighted by Gasteiger charge is -2.49. The van der Waals surface area contributed by atoms with Crippen LogP contribution < -0.4 is 17.0 Å². The number of pyridine rings is 1. The van der Waals surface area contributed by atoms with Crippen molar-refractivity contribution in [1.29, 1.82) is 0 Å². The van der Waals surface area contributed by atoms with Crippen molar-refractivity contribution in [1.82, 2.24) is 4.98 Å². The molecule has 3 rings (SSSR count). The average Bonchev–Trinajstić information content (AvgIpc) is 2.26. The Labute approximate surface area is 106 Å². The SMILES string of the molecule is CC1=C[C@H]2Cc3[nH]c(=O)ccc3[C@@](N)(C1)[C@H]2CN. The van der Waals surface area contributed by atoms with Crippen LogP contribution in [0.15, 0.2) is 28.6 Å². The Kier molecular flexibility index (Phi) is 2.47. The first kappa shape index (κ1) is 11.7.